The molecule has 3 heteroatoms. The van der Waals surface area contributed by atoms with E-state index in [2.05, 4.69) is 5.32 Å². The van der Waals surface area contributed by atoms with E-state index in [1.54, 1.807) is 6.07 Å². The zero-order chi connectivity index (χ0) is 13.0. The zero-order valence-corrected chi connectivity index (χ0v) is 11.0. The molecule has 94 valence electrons. The van der Waals surface area contributed by atoms with Crippen molar-refractivity contribution in [1.82, 2.24) is 0 Å². The van der Waals surface area contributed by atoms with Crippen LogP contribution < -0.4 is 5.32 Å². The summed E-state index contributed by atoms with van der Waals surface area (Å²) < 4.78 is 13.0. The third-order valence-corrected chi connectivity index (χ3v) is 3.18. The quantitative estimate of drug-likeness (QED) is 0.802. The van der Waals surface area contributed by atoms with Gasteiger partial charge in [-0.1, -0.05) is 18.2 Å². The molecule has 0 radical (unpaired) electrons. The molecule has 18 heavy (non-hydrogen) atoms. The molecule has 2 rings (SSSR count). The summed E-state index contributed by atoms with van der Waals surface area (Å²) in [5.74, 6) is 0.311. The first kappa shape index (κ1) is 12.9. The molecular formula is C15H15ClFN. The van der Waals surface area contributed by atoms with E-state index in [4.69, 9.17) is 11.6 Å². The fourth-order valence-corrected chi connectivity index (χ4v) is 1.99. The Morgan fingerprint density at radius 1 is 1.17 bits per heavy atom. The van der Waals surface area contributed by atoms with Crippen molar-refractivity contribution in [2.45, 2.75) is 19.3 Å². The van der Waals surface area contributed by atoms with Crippen LogP contribution in [0.2, 0.25) is 0 Å². The molecule has 0 heterocycles. The number of aryl methyl sites for hydroxylation is 1. The summed E-state index contributed by atoms with van der Waals surface area (Å²) in [5.41, 5.74) is 4.15. The van der Waals surface area contributed by atoms with Crippen LogP contribution in [-0.4, -0.2) is 0 Å². The van der Waals surface area contributed by atoms with Gasteiger partial charge in [0.15, 0.2) is 0 Å². The minimum Gasteiger partial charge on any atom is -0.381 e. The van der Waals surface area contributed by atoms with Crippen LogP contribution in [0.3, 0.4) is 0 Å². The molecule has 1 nitrogen and oxygen atoms in total. The molecule has 0 aromatic heterocycles. The predicted molar refractivity (Wildman–Crippen MR) is 74.5 cm³/mol. The summed E-state index contributed by atoms with van der Waals surface area (Å²) in [4.78, 5) is 0. The number of halogens is 2. The van der Waals surface area contributed by atoms with Gasteiger partial charge >= 0.3 is 0 Å². The Morgan fingerprint density at radius 2 is 2.00 bits per heavy atom. The second kappa shape index (κ2) is 5.87. The molecule has 0 unspecified atom stereocenters. The summed E-state index contributed by atoms with van der Waals surface area (Å²) in [6.07, 6.45) is 0. The first-order valence-corrected chi connectivity index (χ1v) is 6.36. The van der Waals surface area contributed by atoms with Crippen LogP contribution in [0, 0.1) is 12.7 Å². The van der Waals surface area contributed by atoms with E-state index in [9.17, 15) is 4.39 Å². The molecule has 0 saturated heterocycles. The van der Waals surface area contributed by atoms with Crippen molar-refractivity contribution in [2.24, 2.45) is 0 Å². The number of alkyl halides is 1. The topological polar surface area (TPSA) is 12.0 Å². The number of benzene rings is 2. The lowest BCUT2D eigenvalue weighted by Crippen LogP contribution is -2.01. The molecule has 0 aliphatic heterocycles. The van der Waals surface area contributed by atoms with Crippen LogP contribution in [0.1, 0.15) is 16.7 Å². The van der Waals surface area contributed by atoms with Gasteiger partial charge in [0.25, 0.3) is 0 Å². The highest BCUT2D eigenvalue weighted by Crippen LogP contribution is 2.15. The van der Waals surface area contributed by atoms with Gasteiger partial charge in [-0.2, -0.15) is 0 Å². The second-order valence-electron chi connectivity index (χ2n) is 4.26. The van der Waals surface area contributed by atoms with Gasteiger partial charge < -0.3 is 5.32 Å². The molecule has 0 saturated carbocycles. The molecule has 0 bridgehead atoms. The molecular weight excluding hydrogens is 249 g/mol. The number of hydrogen-bond donors (Lipinski definition) is 1. The summed E-state index contributed by atoms with van der Waals surface area (Å²) in [6, 6.07) is 12.8. The first-order chi connectivity index (χ1) is 8.69. The van der Waals surface area contributed by atoms with Gasteiger partial charge in [0, 0.05) is 18.1 Å². The van der Waals surface area contributed by atoms with Crippen LogP contribution in [0.4, 0.5) is 10.1 Å². The Labute approximate surface area is 112 Å². The fraction of sp³-hybridized carbons (Fsp3) is 0.200. The van der Waals surface area contributed by atoms with Crippen molar-refractivity contribution >= 4 is 17.3 Å². The molecule has 1 N–H and O–H groups in total. The van der Waals surface area contributed by atoms with Crippen LogP contribution in [-0.2, 0) is 12.4 Å². The van der Waals surface area contributed by atoms with Crippen molar-refractivity contribution in [3.05, 3.63) is 65.0 Å². The second-order valence-corrected chi connectivity index (χ2v) is 4.53. The average molecular weight is 264 g/mol. The Kier molecular flexibility index (Phi) is 4.21. The van der Waals surface area contributed by atoms with Crippen molar-refractivity contribution in [2.75, 3.05) is 5.32 Å². The highest BCUT2D eigenvalue weighted by molar-refractivity contribution is 6.17. The Bertz CT molecular complexity index is 540. The van der Waals surface area contributed by atoms with E-state index >= 15 is 0 Å². The van der Waals surface area contributed by atoms with Gasteiger partial charge in [-0.3, -0.25) is 0 Å². The summed E-state index contributed by atoms with van der Waals surface area (Å²) >= 11 is 5.79. The molecule has 0 spiro atoms. The van der Waals surface area contributed by atoms with E-state index in [-0.39, 0.29) is 5.82 Å². The molecule has 0 aliphatic rings. The largest absolute Gasteiger partial charge is 0.381 e. The van der Waals surface area contributed by atoms with Crippen molar-refractivity contribution in [1.29, 1.82) is 0 Å². The third kappa shape index (κ3) is 3.23. The molecule has 0 atom stereocenters. The van der Waals surface area contributed by atoms with Crippen LogP contribution in [0.5, 0.6) is 0 Å². The molecule has 2 aromatic carbocycles. The van der Waals surface area contributed by atoms with Crippen LogP contribution in [0.15, 0.2) is 42.5 Å². The van der Waals surface area contributed by atoms with Gasteiger partial charge in [0.1, 0.15) is 5.82 Å². The first-order valence-electron chi connectivity index (χ1n) is 5.83. The highest BCUT2D eigenvalue weighted by Gasteiger charge is 2.00. The van der Waals surface area contributed by atoms with Crippen LogP contribution >= 0.6 is 11.6 Å². The third-order valence-electron chi connectivity index (χ3n) is 2.87. The maximum Gasteiger partial charge on any atom is 0.123 e. The van der Waals surface area contributed by atoms with Crippen molar-refractivity contribution in [3.63, 3.8) is 0 Å². The minimum absolute atomic E-state index is 0.194. The number of hydrogen-bond acceptors (Lipinski definition) is 1. The summed E-state index contributed by atoms with van der Waals surface area (Å²) in [6.45, 7) is 2.59. The molecule has 2 aromatic rings. The predicted octanol–water partition coefficient (Wildman–Crippen LogP) is 4.49. The van der Waals surface area contributed by atoms with Gasteiger partial charge in [-0.05, 0) is 47.9 Å². The standard InChI is InChI=1S/C15H15ClFN/c1-11-7-14(17)6-5-13(11)10-18-15-4-2-3-12(8-15)9-16/h2-8,18H,9-10H2,1H3. The lowest BCUT2D eigenvalue weighted by Gasteiger charge is -2.10. The molecule has 0 amide bonds. The van der Waals surface area contributed by atoms with Crippen molar-refractivity contribution in [3.8, 4) is 0 Å². The van der Waals surface area contributed by atoms with E-state index < -0.39 is 0 Å². The average Bonchev–Trinajstić information content (AvgIpc) is 2.38. The van der Waals surface area contributed by atoms with E-state index in [0.717, 1.165) is 22.4 Å². The number of anilines is 1. The Hall–Kier alpha value is -1.54. The highest BCUT2D eigenvalue weighted by atomic mass is 35.5. The van der Waals surface area contributed by atoms with Gasteiger partial charge in [0.05, 0.1) is 0 Å². The summed E-state index contributed by atoms with van der Waals surface area (Å²) in [7, 11) is 0. The van der Waals surface area contributed by atoms with Gasteiger partial charge in [-0.25, -0.2) is 4.39 Å². The minimum atomic E-state index is -0.194. The zero-order valence-electron chi connectivity index (χ0n) is 10.2. The van der Waals surface area contributed by atoms with Gasteiger partial charge in [-0.15, -0.1) is 11.6 Å². The lowest BCUT2D eigenvalue weighted by molar-refractivity contribution is 0.625. The maximum atomic E-state index is 13.0. The molecule has 0 aliphatic carbocycles. The molecule has 0 fully saturated rings. The number of rotatable bonds is 4. The lowest BCUT2D eigenvalue weighted by atomic mass is 10.1. The number of nitrogens with one attached hydrogen (secondary N) is 1. The smallest absolute Gasteiger partial charge is 0.123 e. The monoisotopic (exact) mass is 263 g/mol. The van der Waals surface area contributed by atoms with Crippen LogP contribution in [0.25, 0.3) is 0 Å². The van der Waals surface area contributed by atoms with Crippen molar-refractivity contribution < 1.29 is 4.39 Å². The Balaban J connectivity index is 2.06. The van der Waals surface area contributed by atoms with E-state index in [1.165, 1.54) is 6.07 Å². The summed E-state index contributed by atoms with van der Waals surface area (Å²) in [5, 5.41) is 3.31. The normalized spacial score (nSPS) is 10.4. The maximum absolute atomic E-state index is 13.0. The van der Waals surface area contributed by atoms with Gasteiger partial charge in [0.2, 0.25) is 0 Å². The van der Waals surface area contributed by atoms with E-state index in [1.807, 2.05) is 37.3 Å². The SMILES string of the molecule is Cc1cc(F)ccc1CNc1cccc(CCl)c1. The fourth-order valence-electron chi connectivity index (χ4n) is 1.82. The van der Waals surface area contributed by atoms with E-state index in [0.29, 0.717) is 12.4 Å². The Morgan fingerprint density at radius 3 is 2.72 bits per heavy atom.